The molecular weight excluding hydrogens is 842 g/mol. The molecule has 0 atom stereocenters. The molecule has 0 saturated carbocycles. The van der Waals surface area contributed by atoms with Crippen molar-refractivity contribution in [1.82, 2.24) is 4.98 Å². The van der Waals surface area contributed by atoms with Gasteiger partial charge < -0.3 is 9.55 Å². The predicted molar refractivity (Wildman–Crippen MR) is 215 cm³/mol. The van der Waals surface area contributed by atoms with E-state index in [-0.39, 0.29) is 30.9 Å². The van der Waals surface area contributed by atoms with Gasteiger partial charge in [-0.25, -0.2) is 0 Å². The fourth-order valence-electron chi connectivity index (χ4n) is 8.57. The van der Waals surface area contributed by atoms with Crippen LogP contribution in [0, 0.1) is 12.1 Å². The van der Waals surface area contributed by atoms with Gasteiger partial charge in [-0.15, -0.1) is 51.7 Å². The summed E-state index contributed by atoms with van der Waals surface area (Å²) in [4.78, 5) is 4.56. The maximum absolute atomic E-state index is 14.2. The van der Waals surface area contributed by atoms with Crippen molar-refractivity contribution in [3.63, 3.8) is 0 Å². The Morgan fingerprint density at radius 3 is 1.53 bits per heavy atom. The van der Waals surface area contributed by atoms with Gasteiger partial charge in [0.25, 0.3) is 0 Å². The quantitative estimate of drug-likeness (QED) is 0.130. The van der Waals surface area contributed by atoms with E-state index < -0.39 is 7.14 Å². The van der Waals surface area contributed by atoms with Crippen LogP contribution < -0.4 is 15.9 Å². The molecule has 53 heavy (non-hydrogen) atoms. The number of nitrogens with zero attached hydrogens (tertiary/aromatic N) is 1. The molecule has 0 saturated heterocycles. The molecule has 7 aromatic carbocycles. The van der Waals surface area contributed by atoms with E-state index in [0.29, 0.717) is 0 Å². The Labute approximate surface area is 325 Å². The van der Waals surface area contributed by atoms with E-state index >= 15 is 0 Å². The average Bonchev–Trinajstić information content (AvgIpc) is 3.23. The van der Waals surface area contributed by atoms with E-state index in [1.807, 2.05) is 115 Å². The molecule has 3 aliphatic rings. The second kappa shape index (κ2) is 13.7. The molecule has 0 aliphatic heterocycles. The van der Waals surface area contributed by atoms with Gasteiger partial charge in [0.1, 0.15) is 7.14 Å². The molecule has 0 unspecified atom stereocenters. The third-order valence-electron chi connectivity index (χ3n) is 11.2. The Kier molecular flexibility index (Phi) is 9.00. The molecule has 2 nitrogen and oxygen atoms in total. The molecule has 8 aromatic rings. The van der Waals surface area contributed by atoms with E-state index in [0.717, 1.165) is 37.9 Å². The number of hydrogen-bond donors (Lipinski definition) is 0. The molecule has 259 valence electrons. The van der Waals surface area contributed by atoms with Crippen molar-refractivity contribution < 1.29 is 24.7 Å². The molecule has 2 bridgehead atoms. The monoisotopic (exact) mass is 878 g/mol. The molecule has 0 N–H and O–H groups in total. The molecule has 3 aliphatic carbocycles. The summed E-state index contributed by atoms with van der Waals surface area (Å²) >= 11 is 0. The van der Waals surface area contributed by atoms with Crippen molar-refractivity contribution in [2.45, 2.75) is 24.7 Å². The summed E-state index contributed by atoms with van der Waals surface area (Å²) in [5.74, 6) is 0. The zero-order chi connectivity index (χ0) is 35.3. The first-order valence-electron chi connectivity index (χ1n) is 17.7. The topological polar surface area (TPSA) is 30.0 Å². The van der Waals surface area contributed by atoms with E-state index in [1.165, 1.54) is 33.4 Å². The predicted octanol–water partition coefficient (Wildman–Crippen LogP) is 10.2. The van der Waals surface area contributed by atoms with Gasteiger partial charge in [0, 0.05) is 47.7 Å². The summed E-state index contributed by atoms with van der Waals surface area (Å²) in [5, 5.41) is 4.61. The summed E-state index contributed by atoms with van der Waals surface area (Å²) in [6.07, 6.45) is 1.85. The molecular formula is C49H36IrNOP-2. The molecule has 4 heteroatoms. The van der Waals surface area contributed by atoms with Crippen molar-refractivity contribution in [2.75, 3.05) is 0 Å². The number of fused-ring (bicyclic) bond motifs is 1. The van der Waals surface area contributed by atoms with Gasteiger partial charge in [-0.2, -0.15) is 18.2 Å². The number of benzene rings is 7. The third kappa shape index (κ3) is 5.42. The molecule has 0 spiro atoms. The van der Waals surface area contributed by atoms with Crippen LogP contribution in [-0.4, -0.2) is 4.98 Å². The van der Waals surface area contributed by atoms with Crippen LogP contribution >= 0.6 is 7.14 Å². The zero-order valence-electron chi connectivity index (χ0n) is 29.5. The van der Waals surface area contributed by atoms with Crippen LogP contribution in [0.5, 0.6) is 0 Å². The van der Waals surface area contributed by atoms with Gasteiger partial charge in [0.05, 0.1) is 0 Å². The fourth-order valence-corrected chi connectivity index (χ4v) is 11.2. The van der Waals surface area contributed by atoms with Crippen molar-refractivity contribution in [1.29, 1.82) is 0 Å². The maximum Gasteiger partial charge on any atom is 0.147 e. The van der Waals surface area contributed by atoms with Gasteiger partial charge in [-0.3, -0.25) is 0 Å². The Hall–Kier alpha value is -5.17. The Bertz CT molecular complexity index is 2550. The van der Waals surface area contributed by atoms with Crippen molar-refractivity contribution in [3.8, 4) is 11.3 Å². The minimum absolute atomic E-state index is 0. The third-order valence-corrected chi connectivity index (χ3v) is 14.2. The van der Waals surface area contributed by atoms with Crippen LogP contribution in [0.2, 0.25) is 0 Å². The molecule has 0 fully saturated rings. The van der Waals surface area contributed by atoms with Crippen molar-refractivity contribution in [2.24, 2.45) is 0 Å². The number of rotatable bonds is 4. The fraction of sp³-hybridized carbons (Fsp3) is 0.0816. The van der Waals surface area contributed by atoms with Crippen LogP contribution in [0.3, 0.4) is 0 Å². The smallest absolute Gasteiger partial charge is 0.147 e. The maximum atomic E-state index is 14.2. The van der Waals surface area contributed by atoms with Crippen LogP contribution in [-0.2, 0) is 35.5 Å². The SMILES string of the molecule is CC12c3c[c-]c(-c4ccccn4)cc3C(C)(c3ccccc31)c1ccccc12.O=P(c1[c-]cc2ccccc2c1)(c1ccccc1)c1ccccc1.[Ir]. The first kappa shape index (κ1) is 34.9. The summed E-state index contributed by atoms with van der Waals surface area (Å²) in [7, 11) is -2.94. The molecule has 0 amide bonds. The van der Waals surface area contributed by atoms with Gasteiger partial charge in [-0.05, 0) is 40.9 Å². The van der Waals surface area contributed by atoms with E-state index in [9.17, 15) is 4.57 Å². The normalized spacial score (nSPS) is 17.7. The molecule has 1 aromatic heterocycles. The largest absolute Gasteiger partial charge is 0.311 e. The summed E-state index contributed by atoms with van der Waals surface area (Å²) in [6, 6.07) is 66.8. The minimum Gasteiger partial charge on any atom is -0.311 e. The summed E-state index contributed by atoms with van der Waals surface area (Å²) < 4.78 is 14.2. The first-order valence-corrected chi connectivity index (χ1v) is 19.4. The van der Waals surface area contributed by atoms with Crippen LogP contribution in [0.4, 0.5) is 0 Å². The Morgan fingerprint density at radius 1 is 0.491 bits per heavy atom. The Morgan fingerprint density at radius 2 is 0.981 bits per heavy atom. The number of pyridine rings is 1. The standard InChI is InChI=1S/C27H20N.C22H16OP.Ir/c1-26-19-9-3-5-11-21(19)27(2,22-12-6-4-10-20(22)26)24-17-18(14-15-23(24)26)25-13-7-8-16-28-25;23-24(20-11-3-1-4-12-20,21-13-5-2-6-14-21)22-16-15-18-9-7-8-10-19(18)17-22;/h3-13,15-17H,1-2H3;1-15,17H;/q2*-1;. The van der Waals surface area contributed by atoms with E-state index in [2.05, 4.69) is 97.7 Å². The van der Waals surface area contributed by atoms with Gasteiger partial charge in [0.15, 0.2) is 0 Å². The summed E-state index contributed by atoms with van der Waals surface area (Å²) in [5.41, 5.74) is 10.1. The average molecular weight is 878 g/mol. The van der Waals surface area contributed by atoms with Crippen LogP contribution in [0.25, 0.3) is 22.0 Å². The van der Waals surface area contributed by atoms with E-state index in [1.54, 1.807) is 0 Å². The first-order chi connectivity index (χ1) is 25.4. The van der Waals surface area contributed by atoms with Crippen LogP contribution in [0.1, 0.15) is 47.2 Å². The second-order valence-corrected chi connectivity index (χ2v) is 16.7. The number of aromatic nitrogens is 1. The van der Waals surface area contributed by atoms with Gasteiger partial charge in [-0.1, -0.05) is 152 Å². The van der Waals surface area contributed by atoms with Gasteiger partial charge in [0.2, 0.25) is 0 Å². The van der Waals surface area contributed by atoms with Crippen molar-refractivity contribution >= 4 is 33.8 Å². The van der Waals surface area contributed by atoms with Gasteiger partial charge >= 0.3 is 0 Å². The molecule has 11 rings (SSSR count). The second-order valence-electron chi connectivity index (χ2n) is 14.0. The molecule has 1 radical (unpaired) electrons. The summed E-state index contributed by atoms with van der Waals surface area (Å²) in [6.45, 7) is 4.75. The van der Waals surface area contributed by atoms with E-state index in [4.69, 9.17) is 0 Å². The zero-order valence-corrected chi connectivity index (χ0v) is 32.7. The minimum atomic E-state index is -2.94. The Balaban J connectivity index is 0.000000150. The number of hydrogen-bond acceptors (Lipinski definition) is 2. The van der Waals surface area contributed by atoms with Crippen molar-refractivity contribution in [3.05, 3.63) is 228 Å². The molecule has 1 heterocycles. The van der Waals surface area contributed by atoms with Crippen LogP contribution in [0.15, 0.2) is 182 Å².